The summed E-state index contributed by atoms with van der Waals surface area (Å²) in [7, 11) is 0. The Morgan fingerprint density at radius 2 is 0.917 bits per heavy atom. The molecule has 3 aliphatic carbocycles. The Labute approximate surface area is 361 Å². The molecule has 7 fully saturated rings. The summed E-state index contributed by atoms with van der Waals surface area (Å²) >= 11 is 0. The molecule has 4 aliphatic heterocycles. The van der Waals surface area contributed by atoms with Gasteiger partial charge in [0.15, 0.2) is 0 Å². The highest BCUT2D eigenvalue weighted by atomic mass is 16.7. The minimum Gasteiger partial charge on any atom is -0.466 e. The molecule has 4 heterocycles. The van der Waals surface area contributed by atoms with Crippen molar-refractivity contribution < 1.29 is 37.9 Å². The summed E-state index contributed by atoms with van der Waals surface area (Å²) < 4.78 is 43.4. The van der Waals surface area contributed by atoms with E-state index in [1.54, 1.807) is 0 Å². The third kappa shape index (κ3) is 15.7. The lowest BCUT2D eigenvalue weighted by Crippen LogP contribution is -2.30. The van der Waals surface area contributed by atoms with Crippen LogP contribution in [0.25, 0.3) is 0 Å². The highest BCUT2D eigenvalue weighted by molar-refractivity contribution is 5.20. The van der Waals surface area contributed by atoms with E-state index in [0.717, 1.165) is 63.0 Å². The van der Waals surface area contributed by atoms with E-state index in [1.165, 1.54) is 126 Å². The fourth-order valence-corrected chi connectivity index (χ4v) is 9.56. The standard InChI is InChI=1S/C19H32O2.C11H18O2.2C11H12O2/c1-3-8-16(9-4-1)14-18(19-20-12-7-13-21-19)15-17-10-5-2-6-11-17;2*1-9-12-7-11(8-13-9)10-5-3-2-4-6-10;1-9-12-8-7-11(13-9)10-5-3-2-4-6-10/h16-17H,1-15H2;10-11H,1-8H2;2*2-6,11H,1,7-8H2. The lowest BCUT2D eigenvalue weighted by molar-refractivity contribution is -0.0697. The molecule has 3 saturated carbocycles. The number of benzene rings is 2. The van der Waals surface area contributed by atoms with E-state index in [1.807, 2.05) is 36.4 Å². The summed E-state index contributed by atoms with van der Waals surface area (Å²) in [6.07, 6.45) is 25.7. The van der Waals surface area contributed by atoms with E-state index in [-0.39, 0.29) is 6.10 Å². The number of ether oxygens (including phenoxy) is 8. The van der Waals surface area contributed by atoms with Crippen LogP contribution in [0.4, 0.5) is 0 Å². The minimum absolute atomic E-state index is 0.113. The summed E-state index contributed by atoms with van der Waals surface area (Å²) in [5.41, 5.74) is 3.97. The van der Waals surface area contributed by atoms with Crippen molar-refractivity contribution in [2.75, 3.05) is 46.2 Å². The lowest BCUT2D eigenvalue weighted by Gasteiger charge is -2.33. The Hall–Kier alpha value is -4.20. The first-order chi connectivity index (χ1) is 29.5. The zero-order chi connectivity index (χ0) is 41.6. The highest BCUT2D eigenvalue weighted by Gasteiger charge is 2.28. The molecule has 8 heteroatoms. The van der Waals surface area contributed by atoms with Gasteiger partial charge in [0, 0.05) is 24.3 Å². The predicted octanol–water partition coefficient (Wildman–Crippen LogP) is 13.2. The van der Waals surface area contributed by atoms with Crippen LogP contribution in [0.2, 0.25) is 0 Å². The maximum atomic E-state index is 5.88. The van der Waals surface area contributed by atoms with Crippen molar-refractivity contribution in [3.05, 3.63) is 121 Å². The molecule has 0 radical (unpaired) electrons. The minimum atomic E-state index is 0.113. The fraction of sp³-hybridized carbons (Fsp3) is 0.615. The van der Waals surface area contributed by atoms with Crippen LogP contribution < -0.4 is 0 Å². The van der Waals surface area contributed by atoms with Crippen molar-refractivity contribution >= 4 is 0 Å². The van der Waals surface area contributed by atoms with E-state index in [9.17, 15) is 0 Å². The highest BCUT2D eigenvalue weighted by Crippen LogP contribution is 2.37. The molecule has 60 heavy (non-hydrogen) atoms. The summed E-state index contributed by atoms with van der Waals surface area (Å²) in [4.78, 5) is 0. The van der Waals surface area contributed by atoms with E-state index >= 15 is 0 Å². The van der Waals surface area contributed by atoms with Gasteiger partial charge >= 0.3 is 0 Å². The normalized spacial score (nSPS) is 23.2. The molecule has 0 bridgehead atoms. The second-order valence-electron chi connectivity index (χ2n) is 17.6. The van der Waals surface area contributed by atoms with E-state index in [2.05, 4.69) is 44.0 Å². The third-order valence-corrected chi connectivity index (χ3v) is 13.0. The number of allylic oxidation sites excluding steroid dienone is 1. The third-order valence-electron chi connectivity index (χ3n) is 13.0. The first kappa shape index (κ1) is 45.3. The van der Waals surface area contributed by atoms with Gasteiger partial charge in [-0.1, -0.05) is 144 Å². The Bertz CT molecular complexity index is 1520. The van der Waals surface area contributed by atoms with Gasteiger partial charge in [-0.15, -0.1) is 0 Å². The van der Waals surface area contributed by atoms with Crippen LogP contribution in [-0.2, 0) is 37.9 Å². The molecule has 0 aromatic heterocycles. The van der Waals surface area contributed by atoms with E-state index in [4.69, 9.17) is 37.9 Å². The SMILES string of the molecule is C1CCC(CC(CC2CCCCC2)=C2OCCCO2)CC1.C=C1OCC(C2CCCCC2)CO1.C=C1OCC(c2ccccc2)CO1.C=C1OCCC(c2ccccc2)O1. The topological polar surface area (TPSA) is 73.8 Å². The van der Waals surface area contributed by atoms with Crippen molar-refractivity contribution in [1.82, 2.24) is 0 Å². The predicted molar refractivity (Wildman–Crippen MR) is 237 cm³/mol. The number of rotatable bonds is 7. The van der Waals surface area contributed by atoms with Gasteiger partial charge in [0.1, 0.15) is 19.3 Å². The maximum absolute atomic E-state index is 5.88. The molecule has 330 valence electrons. The van der Waals surface area contributed by atoms with Crippen molar-refractivity contribution in [1.29, 1.82) is 0 Å². The summed E-state index contributed by atoms with van der Waals surface area (Å²) in [6, 6.07) is 20.4. The maximum Gasteiger partial charge on any atom is 0.278 e. The van der Waals surface area contributed by atoms with Gasteiger partial charge < -0.3 is 37.9 Å². The van der Waals surface area contributed by atoms with Gasteiger partial charge in [-0.05, 0) is 74.3 Å². The Morgan fingerprint density at radius 3 is 1.43 bits per heavy atom. The molecule has 1 atom stereocenters. The molecule has 2 aromatic rings. The smallest absolute Gasteiger partial charge is 0.278 e. The molecule has 9 rings (SSSR count). The van der Waals surface area contributed by atoms with Gasteiger partial charge in [-0.25, -0.2) is 0 Å². The van der Waals surface area contributed by atoms with Crippen molar-refractivity contribution in [2.24, 2.45) is 23.7 Å². The van der Waals surface area contributed by atoms with Gasteiger partial charge in [0.25, 0.3) is 23.8 Å². The molecular formula is C52H74O8. The lowest BCUT2D eigenvalue weighted by atomic mass is 9.80. The van der Waals surface area contributed by atoms with Crippen LogP contribution in [0.5, 0.6) is 0 Å². The van der Waals surface area contributed by atoms with Crippen LogP contribution in [0.15, 0.2) is 110 Å². The largest absolute Gasteiger partial charge is 0.466 e. The average Bonchev–Trinajstić information content (AvgIpc) is 3.32. The molecule has 8 nitrogen and oxygen atoms in total. The first-order valence-electron chi connectivity index (χ1n) is 23.4. The van der Waals surface area contributed by atoms with Crippen LogP contribution in [-0.4, -0.2) is 46.2 Å². The van der Waals surface area contributed by atoms with Crippen LogP contribution >= 0.6 is 0 Å². The van der Waals surface area contributed by atoms with Crippen molar-refractivity contribution in [3.8, 4) is 0 Å². The Balaban J connectivity index is 0.000000138. The molecule has 0 N–H and O–H groups in total. The molecule has 1 unspecified atom stereocenters. The fourth-order valence-electron chi connectivity index (χ4n) is 9.56. The monoisotopic (exact) mass is 827 g/mol. The molecule has 2 aromatic carbocycles. The number of hydrogen-bond acceptors (Lipinski definition) is 8. The van der Waals surface area contributed by atoms with E-state index < -0.39 is 0 Å². The quantitative estimate of drug-likeness (QED) is 0.273. The molecule has 4 saturated heterocycles. The Morgan fingerprint density at radius 1 is 0.433 bits per heavy atom. The summed E-state index contributed by atoms with van der Waals surface area (Å²) in [5, 5.41) is 0. The summed E-state index contributed by atoms with van der Waals surface area (Å²) in [5.74, 6) is 5.87. The van der Waals surface area contributed by atoms with Crippen LogP contribution in [0, 0.1) is 23.7 Å². The molecule has 0 spiro atoms. The zero-order valence-corrected chi connectivity index (χ0v) is 36.5. The second kappa shape index (κ2) is 25.5. The molecule has 0 amide bonds. The molecule has 7 aliphatic rings. The van der Waals surface area contributed by atoms with E-state index in [0.29, 0.717) is 49.5 Å². The second-order valence-corrected chi connectivity index (χ2v) is 17.6. The number of hydrogen-bond donors (Lipinski definition) is 0. The van der Waals surface area contributed by atoms with Crippen molar-refractivity contribution in [2.45, 2.75) is 134 Å². The van der Waals surface area contributed by atoms with Gasteiger partial charge in [-0.3, -0.25) is 0 Å². The van der Waals surface area contributed by atoms with Gasteiger partial charge in [0.2, 0.25) is 0 Å². The van der Waals surface area contributed by atoms with Crippen LogP contribution in [0.3, 0.4) is 0 Å². The van der Waals surface area contributed by atoms with Crippen molar-refractivity contribution in [3.63, 3.8) is 0 Å². The summed E-state index contributed by atoms with van der Waals surface area (Å²) in [6.45, 7) is 16.3. The average molecular weight is 827 g/mol. The Kier molecular flexibility index (Phi) is 19.3. The molecular weight excluding hydrogens is 753 g/mol. The zero-order valence-electron chi connectivity index (χ0n) is 36.5. The van der Waals surface area contributed by atoms with Gasteiger partial charge in [-0.2, -0.15) is 0 Å². The van der Waals surface area contributed by atoms with Crippen LogP contribution in [0.1, 0.15) is 145 Å². The first-order valence-corrected chi connectivity index (χ1v) is 23.4. The van der Waals surface area contributed by atoms with Gasteiger partial charge in [0.05, 0.1) is 39.0 Å².